The van der Waals surface area contributed by atoms with Gasteiger partial charge in [-0.15, -0.1) is 0 Å². The number of imide groups is 1. The fraction of sp³-hybridized carbons (Fsp3) is 0.451. The lowest BCUT2D eigenvalue weighted by Gasteiger charge is -2.26. The molecule has 0 fully saturated rings. The lowest BCUT2D eigenvalue weighted by atomic mass is 9.81. The van der Waals surface area contributed by atoms with Crippen molar-refractivity contribution in [3.8, 4) is 11.5 Å². The van der Waals surface area contributed by atoms with Crippen molar-refractivity contribution in [3.05, 3.63) is 88.5 Å². The number of anilines is 3. The molecule has 75 heavy (non-hydrogen) atoms. The lowest BCUT2D eigenvalue weighted by Crippen LogP contribution is -2.54. The Bertz CT molecular complexity index is 2540. The first-order chi connectivity index (χ1) is 35.9. The van der Waals surface area contributed by atoms with E-state index in [2.05, 4.69) is 37.2 Å². The average Bonchev–Trinajstić information content (AvgIpc) is 3.70. The first-order valence-electron chi connectivity index (χ1n) is 24.8. The van der Waals surface area contributed by atoms with E-state index >= 15 is 0 Å². The summed E-state index contributed by atoms with van der Waals surface area (Å²) >= 11 is 0. The minimum Gasteiger partial charge on any atom is -0.507 e. The Morgan fingerprint density at radius 2 is 1.32 bits per heavy atom. The van der Waals surface area contributed by atoms with Crippen LogP contribution in [0.25, 0.3) is 0 Å². The molecule has 14 N–H and O–H groups in total. The molecule has 3 atom stereocenters. The van der Waals surface area contributed by atoms with Crippen LogP contribution in [0.3, 0.4) is 0 Å². The van der Waals surface area contributed by atoms with Gasteiger partial charge >= 0.3 is 6.09 Å². The van der Waals surface area contributed by atoms with Gasteiger partial charge in [-0.2, -0.15) is 0 Å². The van der Waals surface area contributed by atoms with Crippen molar-refractivity contribution in [2.24, 2.45) is 11.7 Å². The summed E-state index contributed by atoms with van der Waals surface area (Å²) in [5.41, 5.74) is 5.99. The monoisotopic (exact) mass is 1040 g/mol. The molecule has 1 heterocycles. The molecule has 3 aromatic carbocycles. The number of rotatable bonds is 31. The topological polar surface area (TPSA) is 364 Å². The summed E-state index contributed by atoms with van der Waals surface area (Å²) < 4.78 is 5.56. The number of unbranched alkanes of at least 4 members (excludes halogenated alkanes) is 2. The predicted octanol–water partition coefficient (Wildman–Crippen LogP) is 0.564. The number of carbonyl (C=O) groups excluding carboxylic acids is 8. The Morgan fingerprint density at radius 3 is 1.91 bits per heavy atom. The van der Waals surface area contributed by atoms with Gasteiger partial charge in [-0.25, -0.2) is 4.79 Å². The van der Waals surface area contributed by atoms with Gasteiger partial charge in [0.2, 0.25) is 29.3 Å². The normalized spacial score (nSPS) is 14.0. The number of phenols is 2. The first-order valence-corrected chi connectivity index (χ1v) is 24.8. The maximum atomic E-state index is 14.0. The molecule has 406 valence electrons. The molecular formula is C51H68N10O14. The number of nitrogens with two attached hydrogens (primary N) is 1. The summed E-state index contributed by atoms with van der Waals surface area (Å²) in [5.74, 6) is -5.02. The molecule has 1 unspecified atom stereocenters. The Kier molecular flexibility index (Phi) is 22.5. The average molecular weight is 1050 g/mol. The first kappa shape index (κ1) is 58.4. The summed E-state index contributed by atoms with van der Waals surface area (Å²) in [4.78, 5) is 107. The third-order valence-corrected chi connectivity index (χ3v) is 12.2. The smallest absolute Gasteiger partial charge is 0.410 e. The maximum absolute atomic E-state index is 14.0. The van der Waals surface area contributed by atoms with Crippen LogP contribution in [0.5, 0.6) is 11.5 Å². The fourth-order valence-corrected chi connectivity index (χ4v) is 8.29. The molecule has 24 nitrogen and oxygen atoms in total. The number of aliphatic hydroxyl groups excluding tert-OH is 3. The molecule has 5 rings (SSSR count). The van der Waals surface area contributed by atoms with Gasteiger partial charge in [0.25, 0.3) is 11.8 Å². The lowest BCUT2D eigenvalue weighted by molar-refractivity contribution is -0.137. The van der Waals surface area contributed by atoms with Crippen molar-refractivity contribution in [2.45, 2.75) is 77.4 Å². The Labute approximate surface area is 433 Å². The number of ketones is 2. The number of nitrogens with zero attached hydrogens (tertiary/aromatic N) is 2. The van der Waals surface area contributed by atoms with Gasteiger partial charge in [0.05, 0.1) is 35.5 Å². The Balaban J connectivity index is 1.16. The second kappa shape index (κ2) is 28.8. The van der Waals surface area contributed by atoms with Crippen LogP contribution in [0.15, 0.2) is 60.7 Å². The Hall–Kier alpha value is -7.48. The third-order valence-electron chi connectivity index (χ3n) is 12.2. The molecule has 3 aromatic rings. The van der Waals surface area contributed by atoms with Crippen molar-refractivity contribution in [3.63, 3.8) is 0 Å². The van der Waals surface area contributed by atoms with Gasteiger partial charge in [-0.3, -0.25) is 49.5 Å². The molecule has 0 bridgehead atoms. The number of ether oxygens (including phenoxy) is 1. The molecule has 6 amide bonds. The molecule has 0 saturated carbocycles. The van der Waals surface area contributed by atoms with Gasteiger partial charge in [0, 0.05) is 81.4 Å². The van der Waals surface area contributed by atoms with Crippen LogP contribution in [0.1, 0.15) is 89.8 Å². The summed E-state index contributed by atoms with van der Waals surface area (Å²) in [7, 11) is 0. The molecule has 1 aliphatic carbocycles. The maximum Gasteiger partial charge on any atom is 0.410 e. The number of benzene rings is 3. The van der Waals surface area contributed by atoms with Crippen molar-refractivity contribution in [1.82, 2.24) is 31.1 Å². The van der Waals surface area contributed by atoms with Crippen LogP contribution in [0.2, 0.25) is 0 Å². The van der Waals surface area contributed by atoms with E-state index in [4.69, 9.17) is 15.6 Å². The number of fused-ring (bicyclic) bond motifs is 2. The number of phenolic OH excluding ortho intramolecular Hbond substituents is 2. The highest BCUT2D eigenvalue weighted by atomic mass is 16.6. The number of aromatic hydroxyl groups is 2. The number of aliphatic hydroxyl groups is 3. The highest BCUT2D eigenvalue weighted by Crippen LogP contribution is 2.42. The van der Waals surface area contributed by atoms with Gasteiger partial charge < -0.3 is 67.1 Å². The summed E-state index contributed by atoms with van der Waals surface area (Å²) in [6.45, 7) is 4.21. The van der Waals surface area contributed by atoms with Crippen molar-refractivity contribution >= 4 is 64.3 Å². The summed E-state index contributed by atoms with van der Waals surface area (Å²) in [5, 5.41) is 69.7. The second-order valence-electron chi connectivity index (χ2n) is 18.1. The van der Waals surface area contributed by atoms with Gasteiger partial charge in [0.15, 0.2) is 6.35 Å². The molecule has 24 heteroatoms. The van der Waals surface area contributed by atoms with Crippen LogP contribution in [0.4, 0.5) is 21.9 Å². The number of hydrogen-bond acceptors (Lipinski definition) is 19. The molecule has 0 saturated heterocycles. The largest absolute Gasteiger partial charge is 0.507 e. The van der Waals surface area contributed by atoms with Crippen LogP contribution in [0, 0.1) is 5.92 Å². The van der Waals surface area contributed by atoms with E-state index in [1.165, 1.54) is 17.1 Å². The minimum absolute atomic E-state index is 0.0164. The van der Waals surface area contributed by atoms with Gasteiger partial charge in [-0.1, -0.05) is 32.4 Å². The number of hydrogen-bond donors (Lipinski definition) is 13. The van der Waals surface area contributed by atoms with Crippen LogP contribution in [-0.4, -0.2) is 167 Å². The molecular weight excluding hydrogens is 977 g/mol. The SMILES string of the molecule is CC(C)[C@H](NC(=O)CCCCCN1C(=O)C=CC1=O)C(=O)N[C@@H](CCCNC(N)O)C(=O)Nc1ccc(COC(=O)N(CCO)CCNc2ccc(NCCNCCO)c3c2C(=O)c2c(O)ccc(O)c2C3=O)cc1. The van der Waals surface area contributed by atoms with E-state index in [9.17, 15) is 58.8 Å². The fourth-order valence-electron chi connectivity index (χ4n) is 8.29. The predicted molar refractivity (Wildman–Crippen MR) is 274 cm³/mol. The molecule has 0 aromatic heterocycles. The molecule has 1 aliphatic heterocycles. The van der Waals surface area contributed by atoms with Crippen molar-refractivity contribution in [2.75, 3.05) is 81.5 Å². The van der Waals surface area contributed by atoms with Crippen LogP contribution < -0.4 is 43.0 Å². The highest BCUT2D eigenvalue weighted by Gasteiger charge is 2.38. The van der Waals surface area contributed by atoms with Crippen LogP contribution >= 0.6 is 0 Å². The highest BCUT2D eigenvalue weighted by molar-refractivity contribution is 6.33. The zero-order chi connectivity index (χ0) is 54.6. The van der Waals surface area contributed by atoms with Gasteiger partial charge in [0.1, 0.15) is 30.2 Å². The number of amides is 6. The molecule has 2 aliphatic rings. The van der Waals surface area contributed by atoms with E-state index in [0.717, 1.165) is 17.0 Å². The zero-order valence-electron chi connectivity index (χ0n) is 42.0. The minimum atomic E-state index is -1.29. The van der Waals surface area contributed by atoms with E-state index in [-0.39, 0.29) is 110 Å². The third kappa shape index (κ3) is 16.5. The summed E-state index contributed by atoms with van der Waals surface area (Å²) in [6, 6.07) is 9.67. The Morgan fingerprint density at radius 1 is 0.693 bits per heavy atom. The van der Waals surface area contributed by atoms with E-state index in [0.29, 0.717) is 62.3 Å². The molecule has 0 spiro atoms. The quantitative estimate of drug-likeness (QED) is 0.0142. The van der Waals surface area contributed by atoms with Crippen molar-refractivity contribution in [1.29, 1.82) is 0 Å². The summed E-state index contributed by atoms with van der Waals surface area (Å²) in [6.07, 6.45) is 2.41. The van der Waals surface area contributed by atoms with E-state index < -0.39 is 66.0 Å². The number of carbonyl (C=O) groups is 8. The number of nitrogens with one attached hydrogen (secondary N) is 7. The second-order valence-corrected chi connectivity index (χ2v) is 18.1. The van der Waals surface area contributed by atoms with E-state index in [1.807, 2.05) is 0 Å². The van der Waals surface area contributed by atoms with Crippen molar-refractivity contribution < 1.29 is 68.6 Å². The standard InChI is InChI=1S/C51H68N10O14/c1-30(2)45(59-38(66)8-4-3-5-24-61-39(67)17-18-40(61)68)49(72)58-35(7-6-19-56-50(52)73)48(71)57-32-11-9-31(10-12-32)29-75-51(74)60(26-28-63)25-22-55-34-14-13-33(54-21-20-53-23-27-62)41-42(34)47(70)44-37(65)16-15-36(64)43(44)46(41)69/h9-18,30,35,45,50,53-56,62-65,73H,3-8,19-29,52H2,1-2H3,(H,57,71)(H,58,72)(H,59,66)/t35-,45-,50?/m0/s1. The zero-order valence-corrected chi connectivity index (χ0v) is 42.0. The van der Waals surface area contributed by atoms with Gasteiger partial charge in [-0.05, 0) is 80.1 Å². The van der Waals surface area contributed by atoms with Crippen LogP contribution in [-0.2, 0) is 35.3 Å². The molecule has 0 radical (unpaired) electrons. The van der Waals surface area contributed by atoms with E-state index in [1.54, 1.807) is 50.2 Å².